The highest BCUT2D eigenvalue weighted by atomic mass is 35.5. The Kier molecular flexibility index (Phi) is 5.93. The summed E-state index contributed by atoms with van der Waals surface area (Å²) in [6, 6.07) is 7.94. The van der Waals surface area contributed by atoms with E-state index in [0.717, 1.165) is 6.07 Å². The molecule has 2 rings (SSSR count). The summed E-state index contributed by atoms with van der Waals surface area (Å²) in [6.07, 6.45) is 0. The molecule has 122 valence electrons. The number of nitrogens with two attached hydrogens (primary N) is 1. The van der Waals surface area contributed by atoms with Crippen LogP contribution in [0, 0.1) is 11.6 Å². The van der Waals surface area contributed by atoms with E-state index in [0.29, 0.717) is 21.3 Å². The van der Waals surface area contributed by atoms with Gasteiger partial charge in [0.05, 0.1) is 15.7 Å². The van der Waals surface area contributed by atoms with E-state index >= 15 is 0 Å². The van der Waals surface area contributed by atoms with Crippen molar-refractivity contribution in [2.24, 2.45) is 0 Å². The standard InChI is InChI=1S/C16H14Cl2F2N2O/c1-9(11-6-5-10(19)7-14(11)20)21-8-15(23)22-16-12(17)3-2-4-13(16)18/h2-7,9,21H,8H2,1H3,(H,22,23)/p+1/t9-/m1/s1. The SMILES string of the molecule is C[C@@H]([NH2+]CC(=O)Nc1c(Cl)cccc1Cl)c1ccc(F)cc1F. The summed E-state index contributed by atoms with van der Waals surface area (Å²) < 4.78 is 26.6. The minimum Gasteiger partial charge on any atom is -0.332 e. The van der Waals surface area contributed by atoms with Crippen LogP contribution < -0.4 is 10.6 Å². The molecular weight excluding hydrogens is 345 g/mol. The van der Waals surface area contributed by atoms with Crippen LogP contribution in [0.3, 0.4) is 0 Å². The van der Waals surface area contributed by atoms with Crippen molar-refractivity contribution in [3.63, 3.8) is 0 Å². The van der Waals surface area contributed by atoms with E-state index in [1.165, 1.54) is 12.1 Å². The number of benzene rings is 2. The number of hydrogen-bond acceptors (Lipinski definition) is 1. The van der Waals surface area contributed by atoms with Crippen LogP contribution in [0.1, 0.15) is 18.5 Å². The van der Waals surface area contributed by atoms with E-state index in [-0.39, 0.29) is 18.5 Å². The minimum absolute atomic E-state index is 0.0412. The van der Waals surface area contributed by atoms with Crippen molar-refractivity contribution >= 4 is 34.8 Å². The molecule has 0 saturated heterocycles. The first kappa shape index (κ1) is 17.7. The van der Waals surface area contributed by atoms with Gasteiger partial charge in [-0.05, 0) is 31.2 Å². The second-order valence-corrected chi connectivity index (χ2v) is 5.85. The Bertz CT molecular complexity index is 705. The summed E-state index contributed by atoms with van der Waals surface area (Å²) in [5.74, 6) is -1.60. The third-order valence-electron chi connectivity index (χ3n) is 3.34. The monoisotopic (exact) mass is 359 g/mol. The van der Waals surface area contributed by atoms with Crippen molar-refractivity contribution in [1.82, 2.24) is 0 Å². The van der Waals surface area contributed by atoms with E-state index < -0.39 is 11.6 Å². The van der Waals surface area contributed by atoms with Gasteiger partial charge in [0, 0.05) is 11.6 Å². The molecule has 7 heteroatoms. The van der Waals surface area contributed by atoms with Crippen molar-refractivity contribution in [2.75, 3.05) is 11.9 Å². The number of quaternary nitrogens is 1. The molecule has 0 aliphatic carbocycles. The lowest BCUT2D eigenvalue weighted by Gasteiger charge is -2.13. The first-order chi connectivity index (χ1) is 10.9. The van der Waals surface area contributed by atoms with Crippen LogP contribution in [0.4, 0.5) is 14.5 Å². The lowest BCUT2D eigenvalue weighted by molar-refractivity contribution is -0.682. The van der Waals surface area contributed by atoms with Gasteiger partial charge in [-0.25, -0.2) is 8.78 Å². The van der Waals surface area contributed by atoms with Gasteiger partial charge >= 0.3 is 0 Å². The van der Waals surface area contributed by atoms with Gasteiger partial charge in [-0.1, -0.05) is 29.3 Å². The summed E-state index contributed by atoms with van der Waals surface area (Å²) in [4.78, 5) is 12.0. The van der Waals surface area contributed by atoms with Crippen molar-refractivity contribution in [2.45, 2.75) is 13.0 Å². The first-order valence-electron chi connectivity index (χ1n) is 6.90. The molecule has 3 nitrogen and oxygen atoms in total. The van der Waals surface area contributed by atoms with Crippen molar-refractivity contribution in [1.29, 1.82) is 0 Å². The summed E-state index contributed by atoms with van der Waals surface area (Å²) in [6.45, 7) is 1.77. The molecule has 0 aliphatic heterocycles. The fourth-order valence-electron chi connectivity index (χ4n) is 2.09. The molecule has 1 atom stereocenters. The number of carbonyl (C=O) groups is 1. The van der Waals surface area contributed by atoms with Gasteiger partial charge in [-0.15, -0.1) is 0 Å². The van der Waals surface area contributed by atoms with Gasteiger partial charge in [0.2, 0.25) is 0 Å². The Morgan fingerprint density at radius 2 is 1.87 bits per heavy atom. The fraction of sp³-hybridized carbons (Fsp3) is 0.188. The number of carbonyl (C=O) groups excluding carboxylic acids is 1. The molecule has 0 saturated carbocycles. The second-order valence-electron chi connectivity index (χ2n) is 5.04. The Labute approximate surface area is 142 Å². The molecule has 3 N–H and O–H groups in total. The topological polar surface area (TPSA) is 45.7 Å². The quantitative estimate of drug-likeness (QED) is 0.842. The predicted octanol–water partition coefficient (Wildman–Crippen LogP) is 3.53. The summed E-state index contributed by atoms with van der Waals surface area (Å²) in [5, 5.41) is 4.93. The predicted molar refractivity (Wildman–Crippen MR) is 86.7 cm³/mol. The van der Waals surface area contributed by atoms with E-state index in [1.807, 2.05) is 0 Å². The molecule has 23 heavy (non-hydrogen) atoms. The molecule has 0 aromatic heterocycles. The number of para-hydroxylation sites is 1. The van der Waals surface area contributed by atoms with Gasteiger partial charge in [0.15, 0.2) is 6.54 Å². The van der Waals surface area contributed by atoms with Crippen LogP contribution in [0.2, 0.25) is 10.0 Å². The van der Waals surface area contributed by atoms with Gasteiger partial charge in [0.25, 0.3) is 5.91 Å². The smallest absolute Gasteiger partial charge is 0.279 e. The van der Waals surface area contributed by atoms with Crippen LogP contribution >= 0.6 is 23.2 Å². The van der Waals surface area contributed by atoms with E-state index in [1.54, 1.807) is 30.4 Å². The van der Waals surface area contributed by atoms with Crippen LogP contribution in [-0.2, 0) is 4.79 Å². The molecular formula is C16H15Cl2F2N2O+. The molecule has 0 spiro atoms. The zero-order chi connectivity index (χ0) is 17.0. The van der Waals surface area contributed by atoms with Gasteiger partial charge < -0.3 is 10.6 Å². The molecule has 0 radical (unpaired) electrons. The van der Waals surface area contributed by atoms with Gasteiger partial charge in [-0.2, -0.15) is 0 Å². The molecule has 2 aromatic carbocycles. The number of halogens is 4. The molecule has 0 heterocycles. The number of nitrogens with one attached hydrogen (secondary N) is 1. The fourth-order valence-corrected chi connectivity index (χ4v) is 2.58. The molecule has 0 fully saturated rings. The summed E-state index contributed by atoms with van der Waals surface area (Å²) >= 11 is 11.9. The third kappa shape index (κ3) is 4.64. The highest BCUT2D eigenvalue weighted by Gasteiger charge is 2.17. The molecule has 0 bridgehead atoms. The lowest BCUT2D eigenvalue weighted by Crippen LogP contribution is -2.86. The van der Waals surface area contributed by atoms with Crippen molar-refractivity contribution < 1.29 is 18.9 Å². The van der Waals surface area contributed by atoms with Crippen LogP contribution in [0.5, 0.6) is 0 Å². The van der Waals surface area contributed by atoms with Gasteiger partial charge in [-0.3, -0.25) is 4.79 Å². The minimum atomic E-state index is -0.636. The summed E-state index contributed by atoms with van der Waals surface area (Å²) in [5.41, 5.74) is 0.671. The van der Waals surface area contributed by atoms with Crippen LogP contribution in [0.25, 0.3) is 0 Å². The Hall–Kier alpha value is -1.69. The zero-order valence-corrected chi connectivity index (χ0v) is 13.8. The molecule has 1 amide bonds. The van der Waals surface area contributed by atoms with Gasteiger partial charge in [0.1, 0.15) is 17.7 Å². The maximum absolute atomic E-state index is 13.7. The highest BCUT2D eigenvalue weighted by Crippen LogP contribution is 2.29. The maximum atomic E-state index is 13.7. The Morgan fingerprint density at radius 1 is 1.22 bits per heavy atom. The second kappa shape index (κ2) is 7.73. The molecule has 2 aromatic rings. The zero-order valence-electron chi connectivity index (χ0n) is 12.2. The molecule has 0 unspecified atom stereocenters. The normalized spacial score (nSPS) is 12.0. The van der Waals surface area contributed by atoms with E-state index in [2.05, 4.69) is 5.32 Å². The lowest BCUT2D eigenvalue weighted by atomic mass is 10.1. The highest BCUT2D eigenvalue weighted by molar-refractivity contribution is 6.39. The van der Waals surface area contributed by atoms with Crippen LogP contribution in [0.15, 0.2) is 36.4 Å². The van der Waals surface area contributed by atoms with Crippen LogP contribution in [-0.4, -0.2) is 12.5 Å². The Morgan fingerprint density at radius 3 is 2.48 bits per heavy atom. The van der Waals surface area contributed by atoms with Crippen molar-refractivity contribution in [3.8, 4) is 0 Å². The number of rotatable bonds is 5. The average molecular weight is 360 g/mol. The molecule has 0 aliphatic rings. The van der Waals surface area contributed by atoms with E-state index in [4.69, 9.17) is 23.2 Å². The summed E-state index contributed by atoms with van der Waals surface area (Å²) in [7, 11) is 0. The number of amides is 1. The van der Waals surface area contributed by atoms with E-state index in [9.17, 15) is 13.6 Å². The largest absolute Gasteiger partial charge is 0.332 e. The Balaban J connectivity index is 1.96. The maximum Gasteiger partial charge on any atom is 0.279 e. The number of hydrogen-bond donors (Lipinski definition) is 2. The number of anilines is 1. The average Bonchev–Trinajstić information content (AvgIpc) is 2.49. The third-order valence-corrected chi connectivity index (χ3v) is 3.97. The van der Waals surface area contributed by atoms with Crippen molar-refractivity contribution in [3.05, 3.63) is 63.6 Å². The first-order valence-corrected chi connectivity index (χ1v) is 7.66.